The van der Waals surface area contributed by atoms with Gasteiger partial charge in [0.2, 0.25) is 0 Å². The van der Waals surface area contributed by atoms with Gasteiger partial charge in [0, 0.05) is 11.1 Å². The van der Waals surface area contributed by atoms with Gasteiger partial charge in [-0.1, -0.05) is 182 Å². The zero-order chi connectivity index (χ0) is 31.9. The average Bonchev–Trinajstić information content (AvgIpc) is 3.17. The Morgan fingerprint density at radius 1 is 0.333 bits per heavy atom. The summed E-state index contributed by atoms with van der Waals surface area (Å²) in [6, 6.07) is 69.7. The van der Waals surface area contributed by atoms with Crippen LogP contribution in [0.15, 0.2) is 194 Å². The summed E-state index contributed by atoms with van der Waals surface area (Å²) in [4.78, 5) is 0. The van der Waals surface area contributed by atoms with Crippen molar-refractivity contribution < 1.29 is 4.74 Å². The van der Waals surface area contributed by atoms with Crippen molar-refractivity contribution in [2.75, 3.05) is 0 Å². The van der Waals surface area contributed by atoms with E-state index in [9.17, 15) is 0 Å². The molecule has 0 aromatic heterocycles. The highest BCUT2D eigenvalue weighted by molar-refractivity contribution is 6.06. The van der Waals surface area contributed by atoms with E-state index in [0.717, 1.165) is 33.8 Å². The maximum absolute atomic E-state index is 6.73. The van der Waals surface area contributed by atoms with Gasteiger partial charge in [0.05, 0.1) is 5.41 Å². The summed E-state index contributed by atoms with van der Waals surface area (Å²) in [5.74, 6) is 1.76. The summed E-state index contributed by atoms with van der Waals surface area (Å²) in [6.45, 7) is 0. The molecule has 0 N–H and O–H groups in total. The Labute approximate surface area is 281 Å². The molecule has 48 heavy (non-hydrogen) atoms. The van der Waals surface area contributed by atoms with Gasteiger partial charge in [-0.2, -0.15) is 0 Å². The van der Waals surface area contributed by atoms with Gasteiger partial charge in [-0.3, -0.25) is 0 Å². The highest BCUT2D eigenvalue weighted by Crippen LogP contribution is 2.55. The second-order valence-corrected chi connectivity index (χ2v) is 12.4. The van der Waals surface area contributed by atoms with E-state index in [4.69, 9.17) is 4.74 Å². The topological polar surface area (TPSA) is 9.23 Å². The van der Waals surface area contributed by atoms with E-state index in [2.05, 4.69) is 194 Å². The third kappa shape index (κ3) is 4.47. The minimum atomic E-state index is -0.514. The normalized spacial score (nSPS) is 12.9. The van der Waals surface area contributed by atoms with Gasteiger partial charge >= 0.3 is 0 Å². The summed E-state index contributed by atoms with van der Waals surface area (Å²) in [7, 11) is 0. The van der Waals surface area contributed by atoms with Gasteiger partial charge in [0.15, 0.2) is 0 Å². The van der Waals surface area contributed by atoms with Gasteiger partial charge in [-0.15, -0.1) is 0 Å². The number of hydrogen-bond donors (Lipinski definition) is 0. The lowest BCUT2D eigenvalue weighted by Crippen LogP contribution is -2.34. The Kier molecular flexibility index (Phi) is 6.76. The quantitative estimate of drug-likeness (QED) is 0.188. The van der Waals surface area contributed by atoms with Crippen molar-refractivity contribution in [1.82, 2.24) is 0 Å². The molecule has 0 atom stereocenters. The molecule has 8 aromatic rings. The van der Waals surface area contributed by atoms with Crippen LogP contribution in [-0.4, -0.2) is 0 Å². The van der Waals surface area contributed by atoms with Crippen LogP contribution in [0.4, 0.5) is 0 Å². The predicted molar refractivity (Wildman–Crippen MR) is 199 cm³/mol. The Balaban J connectivity index is 1.17. The molecule has 0 saturated heterocycles. The fourth-order valence-corrected chi connectivity index (χ4v) is 7.67. The number of hydrogen-bond acceptors (Lipinski definition) is 1. The third-order valence-electron chi connectivity index (χ3n) is 9.83. The molecule has 0 amide bonds. The van der Waals surface area contributed by atoms with E-state index >= 15 is 0 Å². The van der Waals surface area contributed by atoms with Crippen LogP contribution in [-0.2, 0) is 5.41 Å². The first-order valence-electron chi connectivity index (χ1n) is 16.5. The van der Waals surface area contributed by atoms with Crippen LogP contribution < -0.4 is 4.74 Å². The van der Waals surface area contributed by atoms with Gasteiger partial charge in [0.1, 0.15) is 11.5 Å². The molecule has 1 aliphatic rings. The van der Waals surface area contributed by atoms with Gasteiger partial charge < -0.3 is 4.74 Å². The monoisotopic (exact) mass is 612 g/mol. The van der Waals surface area contributed by atoms with Crippen molar-refractivity contribution >= 4 is 10.8 Å². The fraction of sp³-hybridized carbons (Fsp3) is 0.0213. The maximum atomic E-state index is 6.73. The van der Waals surface area contributed by atoms with Gasteiger partial charge in [-0.05, 0) is 67.4 Å². The molecule has 226 valence electrons. The summed E-state index contributed by atoms with van der Waals surface area (Å²) in [6.07, 6.45) is 0. The molecule has 0 radical (unpaired) electrons. The minimum absolute atomic E-state index is 0.514. The summed E-state index contributed by atoms with van der Waals surface area (Å²) in [5, 5.41) is 2.52. The lowest BCUT2D eigenvalue weighted by atomic mass is 9.63. The predicted octanol–water partition coefficient (Wildman–Crippen LogP) is 12.3. The molecule has 8 aromatic carbocycles. The van der Waals surface area contributed by atoms with Crippen molar-refractivity contribution in [1.29, 1.82) is 0 Å². The molecule has 1 heterocycles. The minimum Gasteiger partial charge on any atom is -0.457 e. The van der Waals surface area contributed by atoms with Gasteiger partial charge in [-0.25, -0.2) is 0 Å². The van der Waals surface area contributed by atoms with Crippen molar-refractivity contribution in [3.63, 3.8) is 0 Å². The number of rotatable bonds is 5. The molecular formula is C47H32O. The second kappa shape index (κ2) is 11.6. The van der Waals surface area contributed by atoms with E-state index in [0.29, 0.717) is 0 Å². The number of fused-ring (bicyclic) bond motifs is 3. The van der Waals surface area contributed by atoms with Crippen molar-refractivity contribution in [3.8, 4) is 44.9 Å². The van der Waals surface area contributed by atoms with Crippen LogP contribution in [0.1, 0.15) is 22.3 Å². The van der Waals surface area contributed by atoms with E-state index in [-0.39, 0.29) is 0 Å². The zero-order valence-electron chi connectivity index (χ0n) is 26.4. The standard InChI is InChI=1S/C47H32O/c1-4-14-34(15-5-1)40-22-12-16-36-17-13-23-41(46(36)40)35-28-26-33(27-29-35)37-30-31-43-45(32-37)48-44-25-11-10-24-42(44)47(43,38-18-6-2-7-19-38)39-20-8-3-9-21-39/h1-32H. The molecule has 0 bridgehead atoms. The Hall–Kier alpha value is -6.18. The number of benzene rings is 8. The molecule has 0 saturated carbocycles. The lowest BCUT2D eigenvalue weighted by Gasteiger charge is -2.41. The highest BCUT2D eigenvalue weighted by Gasteiger charge is 2.45. The third-order valence-corrected chi connectivity index (χ3v) is 9.83. The average molecular weight is 613 g/mol. The van der Waals surface area contributed by atoms with E-state index < -0.39 is 5.41 Å². The smallest absolute Gasteiger partial charge is 0.132 e. The molecule has 0 aliphatic carbocycles. The van der Waals surface area contributed by atoms with Crippen molar-refractivity contribution in [2.45, 2.75) is 5.41 Å². The van der Waals surface area contributed by atoms with Crippen molar-refractivity contribution in [2.24, 2.45) is 0 Å². The molecule has 1 nitrogen and oxygen atoms in total. The molecule has 9 rings (SSSR count). The van der Waals surface area contributed by atoms with Gasteiger partial charge in [0.25, 0.3) is 0 Å². The van der Waals surface area contributed by atoms with Crippen LogP contribution in [0, 0.1) is 0 Å². The fourth-order valence-electron chi connectivity index (χ4n) is 7.67. The Bertz CT molecular complexity index is 2350. The first-order valence-corrected chi connectivity index (χ1v) is 16.5. The van der Waals surface area contributed by atoms with Crippen LogP contribution >= 0.6 is 0 Å². The molecule has 0 spiro atoms. The van der Waals surface area contributed by atoms with E-state index in [1.807, 2.05) is 0 Å². The molecule has 0 fully saturated rings. The first kappa shape index (κ1) is 28.1. The van der Waals surface area contributed by atoms with Crippen LogP contribution in [0.3, 0.4) is 0 Å². The lowest BCUT2D eigenvalue weighted by molar-refractivity contribution is 0.435. The molecule has 0 unspecified atom stereocenters. The summed E-state index contributed by atoms with van der Waals surface area (Å²) >= 11 is 0. The number of para-hydroxylation sites is 1. The Morgan fingerprint density at radius 2 is 0.833 bits per heavy atom. The van der Waals surface area contributed by atoms with Crippen LogP contribution in [0.5, 0.6) is 11.5 Å². The molecular weight excluding hydrogens is 581 g/mol. The van der Waals surface area contributed by atoms with E-state index in [1.54, 1.807) is 0 Å². The number of ether oxygens (including phenoxy) is 1. The molecule has 1 heteroatoms. The first-order chi connectivity index (χ1) is 23.8. The SMILES string of the molecule is c1ccc(-c2cccc3cccc(-c4ccc(-c5ccc6c(c5)Oc5ccccc5C6(c5ccccc5)c5ccccc5)cc4)c23)cc1. The Morgan fingerprint density at radius 3 is 1.48 bits per heavy atom. The van der Waals surface area contributed by atoms with E-state index in [1.165, 1.54) is 44.2 Å². The molecule has 1 aliphatic heterocycles. The second-order valence-electron chi connectivity index (χ2n) is 12.4. The van der Waals surface area contributed by atoms with Crippen molar-refractivity contribution in [3.05, 3.63) is 216 Å². The summed E-state index contributed by atoms with van der Waals surface area (Å²) in [5.41, 5.74) is 11.4. The maximum Gasteiger partial charge on any atom is 0.132 e. The van der Waals surface area contributed by atoms with Crippen LogP contribution in [0.25, 0.3) is 44.2 Å². The largest absolute Gasteiger partial charge is 0.457 e. The summed E-state index contributed by atoms with van der Waals surface area (Å²) < 4.78 is 6.73. The van der Waals surface area contributed by atoms with Crippen LogP contribution in [0.2, 0.25) is 0 Å². The zero-order valence-corrected chi connectivity index (χ0v) is 26.4. The highest BCUT2D eigenvalue weighted by atomic mass is 16.5.